The van der Waals surface area contributed by atoms with Crippen molar-refractivity contribution >= 4 is 54.8 Å². The number of benzene rings is 9. The van der Waals surface area contributed by atoms with Gasteiger partial charge in [0.1, 0.15) is 0 Å². The third-order valence-corrected chi connectivity index (χ3v) is 13.1. The van der Waals surface area contributed by atoms with Crippen LogP contribution in [0.4, 0.5) is 0 Å². The summed E-state index contributed by atoms with van der Waals surface area (Å²) in [6.07, 6.45) is 5.18. The molecule has 0 spiro atoms. The predicted octanol–water partition coefficient (Wildman–Crippen LogP) is 37.1. The third-order valence-electron chi connectivity index (χ3n) is 11.2. The lowest BCUT2D eigenvalue weighted by atomic mass is 9.98. The number of hydrogen-bond donors (Lipinski definition) is 0. The highest BCUT2D eigenvalue weighted by Gasteiger charge is 2.05. The highest BCUT2D eigenvalue weighted by molar-refractivity contribution is 7.35. The zero-order chi connectivity index (χ0) is 85.2. The summed E-state index contributed by atoms with van der Waals surface area (Å²) in [6, 6.07) is 80.6. The largest absolute Gasteiger partial charge is 0.138 e. The first-order chi connectivity index (χ1) is 51.7. The topological polar surface area (TPSA) is 0 Å². The van der Waals surface area contributed by atoms with Crippen molar-refractivity contribution in [3.63, 3.8) is 0 Å². The van der Waals surface area contributed by atoms with E-state index >= 15 is 0 Å². The second kappa shape index (κ2) is 121. The molecule has 0 saturated carbocycles. The van der Waals surface area contributed by atoms with E-state index in [0.29, 0.717) is 0 Å². The number of rotatable bonds is 10. The summed E-state index contributed by atoms with van der Waals surface area (Å²) in [5.41, 5.74) is 21.9. The van der Waals surface area contributed by atoms with Crippen LogP contribution < -0.4 is 0 Å². The van der Waals surface area contributed by atoms with Crippen LogP contribution in [0.25, 0.3) is 66.8 Å². The molecule has 0 aromatic heterocycles. The van der Waals surface area contributed by atoms with Gasteiger partial charge in [0, 0.05) is 0 Å². The molecule has 0 N–H and O–H groups in total. The Morgan fingerprint density at radius 2 is 0.314 bits per heavy atom. The molecule has 0 radical (unpaired) electrons. The molecule has 6 heteroatoms. The monoisotopic (exact) mass is 1550 g/mol. The van der Waals surface area contributed by atoms with Gasteiger partial charge in [-0.3, -0.25) is 0 Å². The zero-order valence-electron chi connectivity index (χ0n) is 76.8. The van der Waals surface area contributed by atoms with Crippen molar-refractivity contribution in [3.8, 4) is 66.8 Å². The number of aryl methyl sites for hydroxylation is 1. The van der Waals surface area contributed by atoms with Gasteiger partial charge < -0.3 is 0 Å². The average molecular weight is 1550 g/mol. The van der Waals surface area contributed by atoms with E-state index in [4.69, 9.17) is 0 Å². The Bertz CT molecular complexity index is 2760. The van der Waals surface area contributed by atoms with E-state index in [2.05, 4.69) is 298 Å². The van der Waals surface area contributed by atoms with Gasteiger partial charge in [-0.05, 0) is 158 Å². The molecule has 5 atom stereocenters. The van der Waals surface area contributed by atoms with Gasteiger partial charge in [0.15, 0.2) is 0 Å². The molecule has 0 fully saturated rings. The third kappa shape index (κ3) is 71.0. The Hall–Kier alpha value is -4.44. The standard InChI is InChI=1S/C20H20P2.C20H19P.C19H17P.2C2H7P.18C2H6/c21-13-15-4-8-17(9-5-15)19-2-1-3-20(12-19)18-10-6-16(14-22)7-11-18;1-15-5-9-17(10-6-15)19-3-2-4-20(13-19)18-11-7-16(14-21)8-12-18;20-14-15-9-11-17(12-10-15)19-8-4-7-18(13-19)16-5-2-1-3-6-16;1-3-2;1-2-3;18*1-2/h1-12H,13-14,21-22H2;2-13H,14,21H2,1H3;1-13H,14,20H2;3H,1-2H3;2-3H2,1H3;18*1-2H3. The lowest BCUT2D eigenvalue weighted by molar-refractivity contribution is 1.41. The minimum Gasteiger partial charge on any atom is -0.138 e. The van der Waals surface area contributed by atoms with Crippen LogP contribution in [0.2, 0.25) is 0 Å². The van der Waals surface area contributed by atoms with Crippen molar-refractivity contribution in [2.24, 2.45) is 0 Å². The first-order valence-electron chi connectivity index (χ1n) is 41.6. The van der Waals surface area contributed by atoms with Crippen LogP contribution in [0.1, 0.15) is 284 Å². The summed E-state index contributed by atoms with van der Waals surface area (Å²) in [6.45, 7) is 80.5. The Labute approximate surface area is 676 Å². The normalized spacial score (nSPS) is 7.70. The first-order valence-corrected chi connectivity index (χ1v) is 47.7. The molecule has 0 aliphatic rings. The van der Waals surface area contributed by atoms with E-state index in [1.54, 1.807) is 0 Å². The molecule has 0 aliphatic carbocycles. The Morgan fingerprint density at radius 3 is 0.457 bits per heavy atom. The second-order valence-corrected chi connectivity index (χ2v) is 19.9. The molecule has 0 nitrogen and oxygen atoms in total. The van der Waals surface area contributed by atoms with Gasteiger partial charge in [-0.25, -0.2) is 0 Å². The van der Waals surface area contributed by atoms with Crippen molar-refractivity contribution in [1.82, 2.24) is 0 Å². The van der Waals surface area contributed by atoms with Crippen LogP contribution in [-0.2, 0) is 24.6 Å². The number of hydrogen-bond acceptors (Lipinski definition) is 0. The van der Waals surface area contributed by atoms with Crippen LogP contribution in [-0.4, -0.2) is 19.5 Å². The van der Waals surface area contributed by atoms with Crippen molar-refractivity contribution in [2.75, 3.05) is 19.5 Å². The van der Waals surface area contributed by atoms with Gasteiger partial charge in [-0.15, -0.1) is 54.8 Å². The second-order valence-electron chi connectivity index (χ2n) is 16.5. The molecule has 9 aromatic rings. The minimum absolute atomic E-state index is 1.00. The minimum atomic E-state index is 1.00. The van der Waals surface area contributed by atoms with Crippen LogP contribution in [0.5, 0.6) is 0 Å². The SMILES string of the molecule is CC.CC.CC.CC.CC.CC.CC.CC.CC.CC.CC.CC.CC.CC.CC.CC.CC.CC.CCP.CPC.Cc1ccc(-c2cccc(-c3ccc(CP)cc3)c2)cc1.PCc1ccc(-c2cccc(-c3ccc(CP)cc3)c2)cc1.PCc1ccc(-c2cccc(-c3ccccc3)c2)cc1. The molecule has 9 aromatic carbocycles. The fourth-order valence-corrected chi connectivity index (χ4v) is 8.43. The molecule has 5 unspecified atom stereocenters. The molecule has 105 heavy (non-hydrogen) atoms. The Morgan fingerprint density at radius 1 is 0.190 bits per heavy atom. The van der Waals surface area contributed by atoms with Crippen LogP contribution in [0.3, 0.4) is 0 Å². The van der Waals surface area contributed by atoms with Gasteiger partial charge in [0.05, 0.1) is 0 Å². The molecule has 0 saturated heterocycles. The smallest absolute Gasteiger partial charge is 0.0128 e. The molecule has 604 valence electrons. The fourth-order valence-electron chi connectivity index (χ4n) is 7.34. The lowest BCUT2D eigenvalue weighted by Gasteiger charge is -2.07. The molecule has 9 rings (SSSR count). The van der Waals surface area contributed by atoms with E-state index in [1.807, 2.05) is 249 Å². The van der Waals surface area contributed by atoms with Crippen LogP contribution in [0.15, 0.2) is 224 Å². The van der Waals surface area contributed by atoms with E-state index < -0.39 is 0 Å². The molecule has 0 bridgehead atoms. The maximum atomic E-state index is 2.77. The highest BCUT2D eigenvalue weighted by atomic mass is 31.1. The predicted molar refractivity (Wildman–Crippen MR) is 535 cm³/mol. The Kier molecular flexibility index (Phi) is 153. The summed E-state index contributed by atoms with van der Waals surface area (Å²) < 4.78 is 0. The van der Waals surface area contributed by atoms with Crippen molar-refractivity contribution in [3.05, 3.63) is 252 Å². The summed E-state index contributed by atoms with van der Waals surface area (Å²) in [5.74, 6) is 0. The summed E-state index contributed by atoms with van der Waals surface area (Å²) in [4.78, 5) is 0. The zero-order valence-corrected chi connectivity index (χ0v) is 83.6. The van der Waals surface area contributed by atoms with Crippen LogP contribution >= 0.6 is 54.8 Å². The lowest BCUT2D eigenvalue weighted by Crippen LogP contribution is -1.83. The summed E-state index contributed by atoms with van der Waals surface area (Å²) in [5, 5.41) is 0. The average Bonchev–Trinajstić information content (AvgIpc) is 0.847. The molecular formula is C99H178P6. The van der Waals surface area contributed by atoms with Crippen molar-refractivity contribution in [1.29, 1.82) is 0 Å². The summed E-state index contributed by atoms with van der Waals surface area (Å²) in [7, 11) is 14.7. The van der Waals surface area contributed by atoms with E-state index in [-0.39, 0.29) is 0 Å². The van der Waals surface area contributed by atoms with Gasteiger partial charge in [0.2, 0.25) is 0 Å². The highest BCUT2D eigenvalue weighted by Crippen LogP contribution is 2.30. The quantitative estimate of drug-likeness (QED) is 0.120. The molecule has 0 aliphatic heterocycles. The first kappa shape index (κ1) is 133. The van der Waals surface area contributed by atoms with Gasteiger partial charge >= 0.3 is 0 Å². The van der Waals surface area contributed by atoms with Crippen molar-refractivity contribution in [2.45, 2.75) is 288 Å². The molecule has 0 amide bonds. The van der Waals surface area contributed by atoms with Gasteiger partial charge in [-0.1, -0.05) is 468 Å². The van der Waals surface area contributed by atoms with E-state index in [1.165, 1.54) is 101 Å². The van der Waals surface area contributed by atoms with E-state index in [0.717, 1.165) is 33.2 Å². The van der Waals surface area contributed by atoms with Gasteiger partial charge in [0.25, 0.3) is 0 Å². The maximum absolute atomic E-state index is 2.77. The van der Waals surface area contributed by atoms with Crippen LogP contribution in [0, 0.1) is 6.92 Å². The van der Waals surface area contributed by atoms with Gasteiger partial charge in [-0.2, -0.15) is 0 Å². The fraction of sp³-hybridized carbons (Fsp3) is 0.455. The maximum Gasteiger partial charge on any atom is -0.0128 e. The Balaban J connectivity index is -0.0000000785. The molecular weight excluding hydrogens is 1370 g/mol. The summed E-state index contributed by atoms with van der Waals surface area (Å²) >= 11 is 0. The van der Waals surface area contributed by atoms with Crippen molar-refractivity contribution < 1.29 is 0 Å². The van der Waals surface area contributed by atoms with E-state index in [9.17, 15) is 0 Å². The molecule has 0 heterocycles.